The number of hydrogen-bond donors (Lipinski definition) is 1. The zero-order valence-corrected chi connectivity index (χ0v) is 15.0. The average Bonchev–Trinajstić information content (AvgIpc) is 2.68. The van der Waals surface area contributed by atoms with Crippen molar-refractivity contribution in [3.8, 4) is 0 Å². The van der Waals surface area contributed by atoms with Gasteiger partial charge in [0.2, 0.25) is 0 Å². The maximum atomic E-state index is 12.9. The fourth-order valence-corrected chi connectivity index (χ4v) is 3.22. The zero-order valence-electron chi connectivity index (χ0n) is 15.0. The first kappa shape index (κ1) is 18.5. The highest BCUT2D eigenvalue weighted by Gasteiger charge is 2.16. The molecule has 0 aliphatic carbocycles. The molecule has 1 fully saturated rings. The first-order chi connectivity index (χ1) is 12.7. The van der Waals surface area contributed by atoms with Crippen LogP contribution >= 0.6 is 0 Å². The molecule has 1 aliphatic heterocycles. The molecule has 1 saturated heterocycles. The topological polar surface area (TPSA) is 35.6 Å². The minimum absolute atomic E-state index is 0.141. The molecule has 3 rings (SSSR count). The van der Waals surface area contributed by atoms with Crippen LogP contribution in [-0.4, -0.2) is 55.0 Å². The third-order valence-electron chi connectivity index (χ3n) is 4.76. The molecule has 0 aromatic heterocycles. The number of rotatable bonds is 7. The number of carbonyl (C=O) groups is 1. The smallest absolute Gasteiger partial charge is 0.251 e. The molecule has 4 nitrogen and oxygen atoms in total. The molecule has 0 unspecified atom stereocenters. The van der Waals surface area contributed by atoms with E-state index in [0.717, 1.165) is 45.7 Å². The second kappa shape index (κ2) is 9.46. The van der Waals surface area contributed by atoms with Crippen molar-refractivity contribution in [3.05, 3.63) is 71.5 Å². The lowest BCUT2D eigenvalue weighted by molar-refractivity contribution is 0.0947. The lowest BCUT2D eigenvalue weighted by atomic mass is 10.2. The van der Waals surface area contributed by atoms with Crippen molar-refractivity contribution < 1.29 is 9.18 Å². The van der Waals surface area contributed by atoms with Crippen LogP contribution in [-0.2, 0) is 6.54 Å². The van der Waals surface area contributed by atoms with Crippen LogP contribution in [0.1, 0.15) is 22.3 Å². The van der Waals surface area contributed by atoms with Gasteiger partial charge in [-0.3, -0.25) is 9.69 Å². The van der Waals surface area contributed by atoms with Crippen molar-refractivity contribution in [2.75, 3.05) is 39.3 Å². The number of benzene rings is 2. The lowest BCUT2D eigenvalue weighted by Gasteiger charge is -2.34. The Balaban J connectivity index is 1.30. The zero-order chi connectivity index (χ0) is 18.2. The molecule has 1 amide bonds. The third-order valence-corrected chi connectivity index (χ3v) is 4.76. The number of hydrogen-bond acceptors (Lipinski definition) is 3. The minimum atomic E-state index is -0.326. The molecule has 0 spiro atoms. The van der Waals surface area contributed by atoms with E-state index in [1.54, 1.807) is 0 Å². The van der Waals surface area contributed by atoms with Gasteiger partial charge in [-0.05, 0) is 42.8 Å². The van der Waals surface area contributed by atoms with Gasteiger partial charge < -0.3 is 10.2 Å². The molecule has 2 aromatic rings. The van der Waals surface area contributed by atoms with E-state index in [4.69, 9.17) is 0 Å². The number of amides is 1. The maximum Gasteiger partial charge on any atom is 0.251 e. The van der Waals surface area contributed by atoms with Crippen LogP contribution in [0.3, 0.4) is 0 Å². The first-order valence-electron chi connectivity index (χ1n) is 9.23. The van der Waals surface area contributed by atoms with Gasteiger partial charge in [0.1, 0.15) is 5.82 Å². The molecule has 1 aliphatic rings. The summed E-state index contributed by atoms with van der Waals surface area (Å²) in [5.41, 5.74) is 1.87. The lowest BCUT2D eigenvalue weighted by Crippen LogP contribution is -2.46. The third kappa shape index (κ3) is 5.64. The molecular formula is C21H26FN3O. The van der Waals surface area contributed by atoms with Crippen molar-refractivity contribution in [3.63, 3.8) is 0 Å². The predicted molar refractivity (Wildman–Crippen MR) is 102 cm³/mol. The Morgan fingerprint density at radius 1 is 0.923 bits per heavy atom. The largest absolute Gasteiger partial charge is 0.352 e. The summed E-state index contributed by atoms with van der Waals surface area (Å²) < 4.78 is 12.9. The highest BCUT2D eigenvalue weighted by molar-refractivity contribution is 5.94. The second-order valence-corrected chi connectivity index (χ2v) is 6.72. The van der Waals surface area contributed by atoms with Gasteiger partial charge in [-0.1, -0.05) is 30.3 Å². The Hall–Kier alpha value is -2.24. The Labute approximate surface area is 154 Å². The summed E-state index contributed by atoms with van der Waals surface area (Å²) in [5.74, 6) is -0.467. The van der Waals surface area contributed by atoms with E-state index in [9.17, 15) is 9.18 Å². The van der Waals surface area contributed by atoms with Gasteiger partial charge in [0, 0.05) is 44.8 Å². The van der Waals surface area contributed by atoms with Crippen LogP contribution in [0.4, 0.5) is 4.39 Å². The summed E-state index contributed by atoms with van der Waals surface area (Å²) in [6.07, 6.45) is 0.922. The van der Waals surface area contributed by atoms with Gasteiger partial charge in [0.25, 0.3) is 5.91 Å². The van der Waals surface area contributed by atoms with Gasteiger partial charge in [0.05, 0.1) is 0 Å². The Kier molecular flexibility index (Phi) is 6.75. The quantitative estimate of drug-likeness (QED) is 0.776. The summed E-state index contributed by atoms with van der Waals surface area (Å²) in [7, 11) is 0. The molecular weight excluding hydrogens is 329 g/mol. The molecule has 138 valence electrons. The van der Waals surface area contributed by atoms with Crippen molar-refractivity contribution >= 4 is 5.91 Å². The Morgan fingerprint density at radius 2 is 1.58 bits per heavy atom. The monoisotopic (exact) mass is 355 g/mol. The van der Waals surface area contributed by atoms with Crippen LogP contribution < -0.4 is 5.32 Å². The summed E-state index contributed by atoms with van der Waals surface area (Å²) >= 11 is 0. The van der Waals surface area contributed by atoms with E-state index in [1.165, 1.54) is 29.8 Å². The van der Waals surface area contributed by atoms with Gasteiger partial charge in [0.15, 0.2) is 0 Å². The Morgan fingerprint density at radius 3 is 2.27 bits per heavy atom. The molecule has 2 aromatic carbocycles. The SMILES string of the molecule is O=C(NCCCN1CCN(Cc2ccccc2)CC1)c1ccc(F)cc1. The second-order valence-electron chi connectivity index (χ2n) is 6.72. The average molecular weight is 355 g/mol. The summed E-state index contributed by atoms with van der Waals surface area (Å²) in [6.45, 7) is 6.94. The van der Waals surface area contributed by atoms with E-state index < -0.39 is 0 Å². The van der Waals surface area contributed by atoms with Crippen molar-refractivity contribution in [1.82, 2.24) is 15.1 Å². The molecule has 0 radical (unpaired) electrons. The molecule has 5 heteroatoms. The predicted octanol–water partition coefficient (Wildman–Crippen LogP) is 2.76. The molecule has 0 saturated carbocycles. The van der Waals surface area contributed by atoms with E-state index in [2.05, 4.69) is 45.4 Å². The molecule has 0 bridgehead atoms. The van der Waals surface area contributed by atoms with Gasteiger partial charge >= 0.3 is 0 Å². The van der Waals surface area contributed by atoms with E-state index in [-0.39, 0.29) is 11.7 Å². The number of nitrogens with zero attached hydrogens (tertiary/aromatic N) is 2. The van der Waals surface area contributed by atoms with Crippen LogP contribution in [0.5, 0.6) is 0 Å². The highest BCUT2D eigenvalue weighted by Crippen LogP contribution is 2.08. The van der Waals surface area contributed by atoms with Gasteiger partial charge in [-0.25, -0.2) is 4.39 Å². The number of carbonyl (C=O) groups excluding carboxylic acids is 1. The van der Waals surface area contributed by atoms with Crippen LogP contribution in [0, 0.1) is 5.82 Å². The van der Waals surface area contributed by atoms with Gasteiger partial charge in [-0.2, -0.15) is 0 Å². The van der Waals surface area contributed by atoms with Gasteiger partial charge in [-0.15, -0.1) is 0 Å². The maximum absolute atomic E-state index is 12.9. The van der Waals surface area contributed by atoms with Crippen LogP contribution in [0.15, 0.2) is 54.6 Å². The number of nitrogens with one attached hydrogen (secondary N) is 1. The fourth-order valence-electron chi connectivity index (χ4n) is 3.22. The fraction of sp³-hybridized carbons (Fsp3) is 0.381. The van der Waals surface area contributed by atoms with E-state index >= 15 is 0 Å². The molecule has 1 heterocycles. The minimum Gasteiger partial charge on any atom is -0.352 e. The van der Waals surface area contributed by atoms with E-state index in [0.29, 0.717) is 12.1 Å². The highest BCUT2D eigenvalue weighted by atomic mass is 19.1. The van der Waals surface area contributed by atoms with Crippen molar-refractivity contribution in [2.24, 2.45) is 0 Å². The number of halogens is 1. The first-order valence-corrected chi connectivity index (χ1v) is 9.23. The molecule has 0 atom stereocenters. The summed E-state index contributed by atoms with van der Waals surface area (Å²) in [4.78, 5) is 16.9. The molecule has 1 N–H and O–H groups in total. The van der Waals surface area contributed by atoms with Crippen LogP contribution in [0.2, 0.25) is 0 Å². The summed E-state index contributed by atoms with van der Waals surface area (Å²) in [5, 5.41) is 2.90. The summed E-state index contributed by atoms with van der Waals surface area (Å²) in [6, 6.07) is 16.2. The van der Waals surface area contributed by atoms with E-state index in [1.807, 2.05) is 0 Å². The van der Waals surface area contributed by atoms with Crippen molar-refractivity contribution in [1.29, 1.82) is 0 Å². The molecule has 26 heavy (non-hydrogen) atoms. The standard InChI is InChI=1S/C21H26FN3O/c22-20-9-7-19(8-10-20)21(26)23-11-4-12-24-13-15-25(16-14-24)17-18-5-2-1-3-6-18/h1-3,5-10H,4,11-17H2,(H,23,26). The van der Waals surface area contributed by atoms with Crippen molar-refractivity contribution in [2.45, 2.75) is 13.0 Å². The number of piperazine rings is 1. The normalized spacial score (nSPS) is 15.7. The van der Waals surface area contributed by atoms with Crippen LogP contribution in [0.25, 0.3) is 0 Å². The Bertz CT molecular complexity index is 682.